The minimum atomic E-state index is -0.299. The van der Waals surface area contributed by atoms with E-state index in [1.807, 2.05) is 38.1 Å². The highest BCUT2D eigenvalue weighted by atomic mass is 127. The summed E-state index contributed by atoms with van der Waals surface area (Å²) in [7, 11) is 0. The number of carbonyl (C=O) groups is 4. The number of aryl methyl sites for hydroxylation is 1. The van der Waals surface area contributed by atoms with Gasteiger partial charge in [-0.3, -0.25) is 19.2 Å². The molecule has 0 bridgehead atoms. The van der Waals surface area contributed by atoms with Crippen molar-refractivity contribution in [3.8, 4) is 0 Å². The van der Waals surface area contributed by atoms with Gasteiger partial charge in [0.05, 0.1) is 47.3 Å². The van der Waals surface area contributed by atoms with Crippen molar-refractivity contribution < 1.29 is 23.9 Å². The molecule has 0 fully saturated rings. The van der Waals surface area contributed by atoms with E-state index in [9.17, 15) is 19.2 Å². The van der Waals surface area contributed by atoms with Crippen molar-refractivity contribution in [3.63, 3.8) is 0 Å². The van der Waals surface area contributed by atoms with Gasteiger partial charge < -0.3 is 20.7 Å². The number of rotatable bonds is 14. The van der Waals surface area contributed by atoms with Gasteiger partial charge in [-0.15, -0.1) is 0 Å². The Balaban J connectivity index is 2.18. The molecule has 8 nitrogen and oxygen atoms in total. The van der Waals surface area contributed by atoms with Gasteiger partial charge in [0.15, 0.2) is 0 Å². The van der Waals surface area contributed by atoms with Crippen LogP contribution in [-0.2, 0) is 25.5 Å². The summed E-state index contributed by atoms with van der Waals surface area (Å²) < 4.78 is 7.38. The molecule has 0 aromatic heterocycles. The average molecular weight is 859 g/mol. The maximum absolute atomic E-state index is 13.4. The molecule has 3 N–H and O–H groups in total. The number of halogens is 3. The largest absolute Gasteiger partial charge is 0.465 e. The van der Waals surface area contributed by atoms with E-state index in [2.05, 4.69) is 83.7 Å². The van der Waals surface area contributed by atoms with E-state index in [1.165, 1.54) is 13.8 Å². The van der Waals surface area contributed by atoms with Crippen LogP contribution in [0.1, 0.15) is 56.5 Å². The van der Waals surface area contributed by atoms with Crippen molar-refractivity contribution >= 4 is 108 Å². The third-order valence-corrected chi connectivity index (χ3v) is 8.44. The summed E-state index contributed by atoms with van der Waals surface area (Å²) in [5.74, 6) is -0.232. The minimum Gasteiger partial charge on any atom is -0.465 e. The second-order valence-electron chi connectivity index (χ2n) is 9.26. The zero-order valence-corrected chi connectivity index (χ0v) is 28.3. The number of hydrogen-bond acceptors (Lipinski definition) is 7. The topological polar surface area (TPSA) is 114 Å². The van der Waals surface area contributed by atoms with Crippen LogP contribution in [0, 0.1) is 16.6 Å². The van der Waals surface area contributed by atoms with Gasteiger partial charge in [0.25, 0.3) is 5.91 Å². The van der Waals surface area contributed by atoms with Crippen LogP contribution in [0.4, 0.5) is 17.1 Å². The third kappa shape index (κ3) is 10.2. The molecule has 0 heterocycles. The van der Waals surface area contributed by atoms with E-state index in [0.717, 1.165) is 15.6 Å². The van der Waals surface area contributed by atoms with Crippen LogP contribution in [0.3, 0.4) is 0 Å². The molecule has 0 unspecified atom stereocenters. The highest BCUT2D eigenvalue weighted by molar-refractivity contribution is 14.1. The van der Waals surface area contributed by atoms with Crippen molar-refractivity contribution in [2.75, 3.05) is 35.6 Å². The smallest absolute Gasteiger partial charge is 0.305 e. The van der Waals surface area contributed by atoms with Crippen LogP contribution in [-0.4, -0.2) is 43.1 Å². The fourth-order valence-electron chi connectivity index (χ4n) is 3.32. The fourth-order valence-corrected chi connectivity index (χ4v) is 7.74. The third-order valence-electron chi connectivity index (χ3n) is 5.21. The number of benzene rings is 2. The predicted molar refractivity (Wildman–Crippen MR) is 176 cm³/mol. The first kappa shape index (κ1) is 32.7. The maximum atomic E-state index is 13.4. The lowest BCUT2D eigenvalue weighted by atomic mass is 10.1. The Morgan fingerprint density at radius 3 is 1.84 bits per heavy atom. The average Bonchev–Trinajstić information content (AvgIpc) is 2.83. The second-order valence-corrected chi connectivity index (χ2v) is 12.5. The molecule has 0 saturated carbocycles. The lowest BCUT2D eigenvalue weighted by Gasteiger charge is -2.20. The Kier molecular flexibility index (Phi) is 13.7. The molecule has 0 saturated heterocycles. The quantitative estimate of drug-likeness (QED) is 0.152. The zero-order chi connectivity index (χ0) is 28.4. The first-order chi connectivity index (χ1) is 17.9. The van der Waals surface area contributed by atoms with Crippen molar-refractivity contribution in [2.24, 2.45) is 5.92 Å². The van der Waals surface area contributed by atoms with Crippen LogP contribution in [0.25, 0.3) is 0 Å². The molecular weight excluding hydrogens is 827 g/mol. The minimum absolute atomic E-state index is 0.0352. The Bertz CT molecular complexity index is 1140. The number of carbonyl (C=O) groups excluding carboxylic acids is 4. The number of anilines is 3. The number of Topliss-reactive ketones (excluding diaryl/α,β-unsaturated/α-hetero) is 2. The molecule has 2 rings (SSSR count). The van der Waals surface area contributed by atoms with E-state index in [0.29, 0.717) is 55.1 Å². The number of nitrogens with one attached hydrogen (secondary N) is 3. The molecule has 0 aliphatic heterocycles. The van der Waals surface area contributed by atoms with Crippen molar-refractivity contribution in [3.05, 3.63) is 46.1 Å². The summed E-state index contributed by atoms with van der Waals surface area (Å²) in [4.78, 5) is 48.5. The van der Waals surface area contributed by atoms with Gasteiger partial charge in [-0.1, -0.05) is 26.0 Å². The molecule has 0 aliphatic carbocycles. The van der Waals surface area contributed by atoms with Gasteiger partial charge in [-0.05, 0) is 118 Å². The summed E-state index contributed by atoms with van der Waals surface area (Å²) in [5, 5.41) is 9.23. The summed E-state index contributed by atoms with van der Waals surface area (Å²) in [5.41, 5.74) is 3.48. The maximum Gasteiger partial charge on any atom is 0.305 e. The van der Waals surface area contributed by atoms with Gasteiger partial charge in [0.2, 0.25) is 0 Å². The Hall–Kier alpha value is -1.49. The van der Waals surface area contributed by atoms with Gasteiger partial charge in [-0.2, -0.15) is 0 Å². The van der Waals surface area contributed by atoms with E-state index in [-0.39, 0.29) is 36.5 Å². The number of ether oxygens (including phenoxy) is 1. The van der Waals surface area contributed by atoms with Crippen molar-refractivity contribution in [2.45, 2.75) is 47.0 Å². The van der Waals surface area contributed by atoms with Gasteiger partial charge in [0.1, 0.15) is 11.6 Å². The summed E-state index contributed by atoms with van der Waals surface area (Å²) in [6.07, 6.45) is 1.79. The summed E-state index contributed by atoms with van der Waals surface area (Å²) >= 11 is 6.38. The molecule has 1 amide bonds. The number of ketones is 2. The fraction of sp³-hybridized carbons (Fsp3) is 0.407. The Morgan fingerprint density at radius 1 is 0.842 bits per heavy atom. The lowest BCUT2D eigenvalue weighted by Crippen LogP contribution is -2.21. The normalized spacial score (nSPS) is 10.7. The SMILES string of the molecule is CC(=O)CNc1c(I)c(NCC(C)=O)c(I)c(C(=O)Nc2ccc(CCCC(=O)OCC(C)C)cc2)c1I. The molecular formula is C27H32I3N3O5. The van der Waals surface area contributed by atoms with Crippen LogP contribution in [0.15, 0.2) is 24.3 Å². The molecule has 2 aromatic rings. The van der Waals surface area contributed by atoms with E-state index in [1.54, 1.807) is 0 Å². The first-order valence-corrected chi connectivity index (χ1v) is 15.4. The number of amides is 1. The number of esters is 1. The van der Waals surface area contributed by atoms with Crippen LogP contribution >= 0.6 is 67.8 Å². The molecule has 11 heteroatoms. The Morgan fingerprint density at radius 2 is 1.37 bits per heavy atom. The van der Waals surface area contributed by atoms with Crippen molar-refractivity contribution in [1.82, 2.24) is 0 Å². The molecule has 0 atom stereocenters. The molecule has 206 valence electrons. The number of hydrogen-bond donors (Lipinski definition) is 3. The highest BCUT2D eigenvalue weighted by Gasteiger charge is 2.25. The van der Waals surface area contributed by atoms with E-state index in [4.69, 9.17) is 4.74 Å². The van der Waals surface area contributed by atoms with E-state index < -0.39 is 0 Å². The van der Waals surface area contributed by atoms with Crippen LogP contribution in [0.5, 0.6) is 0 Å². The second kappa shape index (κ2) is 15.9. The molecule has 0 aliphatic rings. The predicted octanol–water partition coefficient (Wildman–Crippen LogP) is 6.28. The van der Waals surface area contributed by atoms with Crippen LogP contribution in [0.2, 0.25) is 0 Å². The van der Waals surface area contributed by atoms with Gasteiger partial charge >= 0.3 is 5.97 Å². The summed E-state index contributed by atoms with van der Waals surface area (Å²) in [6, 6.07) is 7.53. The first-order valence-electron chi connectivity index (χ1n) is 12.1. The molecule has 2 aromatic carbocycles. The highest BCUT2D eigenvalue weighted by Crippen LogP contribution is 2.39. The monoisotopic (exact) mass is 859 g/mol. The van der Waals surface area contributed by atoms with Gasteiger partial charge in [-0.25, -0.2) is 0 Å². The van der Waals surface area contributed by atoms with Crippen LogP contribution < -0.4 is 16.0 Å². The molecule has 0 radical (unpaired) electrons. The van der Waals surface area contributed by atoms with Crippen molar-refractivity contribution in [1.29, 1.82) is 0 Å². The molecule has 0 spiro atoms. The van der Waals surface area contributed by atoms with Gasteiger partial charge in [0, 0.05) is 12.1 Å². The Labute approximate surface area is 264 Å². The standard InChI is InChI=1S/C27H32I3N3O5/c1-15(2)14-38-20(36)7-5-6-18-8-10-19(11-9-18)33-27(37)21-22(28)25(31-12-16(3)34)24(30)26(23(21)29)32-13-17(4)35/h8-11,15,31-32H,5-7,12-14H2,1-4H3,(H,33,37). The molecule has 38 heavy (non-hydrogen) atoms. The summed E-state index contributed by atoms with van der Waals surface area (Å²) in [6.45, 7) is 7.67. The zero-order valence-electron chi connectivity index (χ0n) is 21.8. The van der Waals surface area contributed by atoms with E-state index >= 15 is 0 Å². The lowest BCUT2D eigenvalue weighted by molar-refractivity contribution is -0.144.